The van der Waals surface area contributed by atoms with Gasteiger partial charge >= 0.3 is 0 Å². The number of hydrogen-bond acceptors (Lipinski definition) is 5. The number of ketones is 1. The Hall–Kier alpha value is -2.80. The summed E-state index contributed by atoms with van der Waals surface area (Å²) in [4.78, 5) is 35.9. The predicted octanol–water partition coefficient (Wildman–Crippen LogP) is 5.31. The van der Waals surface area contributed by atoms with Crippen LogP contribution >= 0.6 is 15.9 Å². The largest absolute Gasteiger partial charge is 0.497 e. The fourth-order valence-electron chi connectivity index (χ4n) is 4.63. The lowest BCUT2D eigenvalue weighted by molar-refractivity contribution is -0.119. The molecule has 1 aromatic carbocycles. The van der Waals surface area contributed by atoms with Crippen LogP contribution in [0, 0.1) is 11.3 Å². The number of methoxy groups -OCH3 is 1. The first-order chi connectivity index (χ1) is 15.2. The van der Waals surface area contributed by atoms with Crippen LogP contribution in [0.5, 0.6) is 5.75 Å². The molecule has 1 unspecified atom stereocenters. The number of rotatable bonds is 4. The molecule has 7 heteroatoms. The van der Waals surface area contributed by atoms with Crippen molar-refractivity contribution in [2.45, 2.75) is 39.5 Å². The minimum Gasteiger partial charge on any atom is -0.497 e. The van der Waals surface area contributed by atoms with E-state index in [1.54, 1.807) is 19.4 Å². The van der Waals surface area contributed by atoms with Crippen molar-refractivity contribution in [1.82, 2.24) is 4.98 Å². The summed E-state index contributed by atoms with van der Waals surface area (Å²) in [6.45, 7) is 6.03. The molecule has 0 saturated heterocycles. The lowest BCUT2D eigenvalue weighted by Gasteiger charge is -2.39. The number of carbonyl (C=O) groups excluding carboxylic acids is 2. The molecule has 0 fully saturated rings. The van der Waals surface area contributed by atoms with E-state index in [0.29, 0.717) is 35.7 Å². The van der Waals surface area contributed by atoms with Crippen molar-refractivity contribution >= 4 is 39.1 Å². The van der Waals surface area contributed by atoms with Crippen LogP contribution < -0.4 is 10.1 Å². The van der Waals surface area contributed by atoms with E-state index in [1.165, 1.54) is 0 Å². The van der Waals surface area contributed by atoms with Gasteiger partial charge in [0, 0.05) is 40.0 Å². The van der Waals surface area contributed by atoms with E-state index in [2.05, 4.69) is 40.1 Å². The van der Waals surface area contributed by atoms with E-state index in [9.17, 15) is 9.59 Å². The molecular formula is C25H26BrN3O3. The number of amides is 1. The van der Waals surface area contributed by atoms with Gasteiger partial charge in [0.2, 0.25) is 5.91 Å². The van der Waals surface area contributed by atoms with E-state index in [-0.39, 0.29) is 17.1 Å². The van der Waals surface area contributed by atoms with Crippen molar-refractivity contribution in [2.75, 3.05) is 12.4 Å². The second-order valence-electron chi connectivity index (χ2n) is 9.14. The summed E-state index contributed by atoms with van der Waals surface area (Å²) in [5.74, 6) is -0.112. The van der Waals surface area contributed by atoms with Crippen LogP contribution in [0.25, 0.3) is 0 Å². The number of halogens is 1. The highest BCUT2D eigenvalue weighted by molar-refractivity contribution is 9.10. The molecule has 2 atom stereocenters. The molecule has 1 N–H and O–H groups in total. The SMILES string of the molecule is COc1cccc([C@H]2C3=C(CC(C)(C)CC3=O)N=C(C)C2C(=O)Nc2ccc(Br)cn2)c1. The maximum Gasteiger partial charge on any atom is 0.235 e. The number of aliphatic imine (C=N–C) groups is 1. The number of hydrogen-bond donors (Lipinski definition) is 1. The average Bonchev–Trinajstić information content (AvgIpc) is 2.73. The van der Waals surface area contributed by atoms with Gasteiger partial charge in [0.05, 0.1) is 13.0 Å². The molecule has 1 aromatic heterocycles. The number of Topliss-reactive ketones (excluding diaryl/α,β-unsaturated/α-hetero) is 1. The maximum atomic E-state index is 13.5. The molecule has 166 valence electrons. The molecule has 2 heterocycles. The predicted molar refractivity (Wildman–Crippen MR) is 128 cm³/mol. The van der Waals surface area contributed by atoms with Gasteiger partial charge in [-0.1, -0.05) is 26.0 Å². The standard InChI is InChI=1S/C25H26BrN3O3/c1-14-21(24(31)29-20-9-8-16(26)13-27-20)22(15-6-5-7-17(10-15)32-4)23-18(28-14)11-25(2,3)12-19(23)30/h5-10,13,21-22H,11-12H2,1-4H3,(H,27,29,31)/t21?,22-/m1/s1. The smallest absolute Gasteiger partial charge is 0.235 e. The summed E-state index contributed by atoms with van der Waals surface area (Å²) in [5, 5.41) is 2.91. The van der Waals surface area contributed by atoms with Crippen molar-refractivity contribution < 1.29 is 14.3 Å². The number of benzene rings is 1. The molecule has 1 aliphatic carbocycles. The molecular weight excluding hydrogens is 470 g/mol. The van der Waals surface area contributed by atoms with Gasteiger partial charge in [-0.2, -0.15) is 0 Å². The summed E-state index contributed by atoms with van der Waals surface area (Å²) >= 11 is 3.36. The zero-order valence-electron chi connectivity index (χ0n) is 18.6. The maximum absolute atomic E-state index is 13.5. The van der Waals surface area contributed by atoms with Crippen LogP contribution in [0.1, 0.15) is 45.1 Å². The lowest BCUT2D eigenvalue weighted by atomic mass is 9.66. The third-order valence-corrected chi connectivity index (χ3v) is 6.49. The zero-order chi connectivity index (χ0) is 23.0. The van der Waals surface area contributed by atoms with E-state index in [4.69, 9.17) is 9.73 Å². The van der Waals surface area contributed by atoms with Crippen LogP contribution in [-0.4, -0.2) is 29.5 Å². The Morgan fingerprint density at radius 1 is 1.22 bits per heavy atom. The minimum atomic E-state index is -0.628. The highest BCUT2D eigenvalue weighted by Crippen LogP contribution is 2.48. The fourth-order valence-corrected chi connectivity index (χ4v) is 4.87. The van der Waals surface area contributed by atoms with Gasteiger partial charge in [0.25, 0.3) is 0 Å². The number of aromatic nitrogens is 1. The molecule has 0 spiro atoms. The second kappa shape index (κ2) is 8.62. The number of carbonyl (C=O) groups is 2. The van der Waals surface area contributed by atoms with Crippen molar-refractivity contribution in [3.8, 4) is 5.75 Å². The van der Waals surface area contributed by atoms with E-state index < -0.39 is 11.8 Å². The zero-order valence-corrected chi connectivity index (χ0v) is 20.2. The van der Waals surface area contributed by atoms with Gasteiger partial charge in [0.1, 0.15) is 11.6 Å². The van der Waals surface area contributed by atoms with Crippen LogP contribution in [0.4, 0.5) is 5.82 Å². The van der Waals surface area contributed by atoms with Crippen molar-refractivity contribution in [3.05, 3.63) is 63.9 Å². The van der Waals surface area contributed by atoms with Crippen LogP contribution in [0.2, 0.25) is 0 Å². The number of nitrogens with zero attached hydrogens (tertiary/aromatic N) is 2. The first kappa shape index (κ1) is 22.4. The second-order valence-corrected chi connectivity index (χ2v) is 10.1. The Balaban J connectivity index is 1.80. The third-order valence-electron chi connectivity index (χ3n) is 6.02. The number of allylic oxidation sites excluding steroid dienone is 2. The van der Waals surface area contributed by atoms with Crippen molar-refractivity contribution in [3.63, 3.8) is 0 Å². The fraction of sp³-hybridized carbons (Fsp3) is 0.360. The normalized spacial score (nSPS) is 22.2. The highest BCUT2D eigenvalue weighted by atomic mass is 79.9. The summed E-state index contributed by atoms with van der Waals surface area (Å²) in [6.07, 6.45) is 2.77. The molecule has 0 radical (unpaired) electrons. The third kappa shape index (κ3) is 4.39. The van der Waals surface area contributed by atoms with E-state index in [1.807, 2.05) is 37.3 Å². The molecule has 1 amide bonds. The van der Waals surface area contributed by atoms with Gasteiger partial charge in [-0.15, -0.1) is 0 Å². The van der Waals surface area contributed by atoms with Crippen molar-refractivity contribution in [1.29, 1.82) is 0 Å². The average molecular weight is 496 g/mol. The summed E-state index contributed by atoms with van der Waals surface area (Å²) in [6, 6.07) is 11.1. The number of pyridine rings is 1. The van der Waals surface area contributed by atoms with Crippen LogP contribution in [0.3, 0.4) is 0 Å². The number of ether oxygens (including phenoxy) is 1. The Bertz CT molecular complexity index is 1140. The van der Waals surface area contributed by atoms with Crippen LogP contribution in [-0.2, 0) is 9.59 Å². The minimum absolute atomic E-state index is 0.0555. The molecule has 32 heavy (non-hydrogen) atoms. The molecule has 6 nitrogen and oxygen atoms in total. The van der Waals surface area contributed by atoms with Gasteiger partial charge in [-0.05, 0) is 64.5 Å². The molecule has 4 rings (SSSR count). The molecule has 0 saturated carbocycles. The number of anilines is 1. The quantitative estimate of drug-likeness (QED) is 0.622. The Kier molecular flexibility index (Phi) is 6.03. The summed E-state index contributed by atoms with van der Waals surface area (Å²) < 4.78 is 6.25. The molecule has 1 aliphatic heterocycles. The molecule has 2 aromatic rings. The summed E-state index contributed by atoms with van der Waals surface area (Å²) in [7, 11) is 1.61. The van der Waals surface area contributed by atoms with Gasteiger partial charge in [-0.25, -0.2) is 4.98 Å². The topological polar surface area (TPSA) is 80.6 Å². The van der Waals surface area contributed by atoms with Crippen LogP contribution in [0.15, 0.2) is 63.3 Å². The summed E-state index contributed by atoms with van der Waals surface area (Å²) in [5.41, 5.74) is 2.84. The Morgan fingerprint density at radius 2 is 2.00 bits per heavy atom. The van der Waals surface area contributed by atoms with Gasteiger partial charge < -0.3 is 10.1 Å². The van der Waals surface area contributed by atoms with E-state index >= 15 is 0 Å². The van der Waals surface area contributed by atoms with E-state index in [0.717, 1.165) is 15.7 Å². The Labute approximate surface area is 196 Å². The van der Waals surface area contributed by atoms with Gasteiger partial charge in [-0.3, -0.25) is 14.6 Å². The first-order valence-electron chi connectivity index (χ1n) is 10.6. The first-order valence-corrected chi connectivity index (χ1v) is 11.4. The number of nitrogens with one attached hydrogen (secondary N) is 1. The lowest BCUT2D eigenvalue weighted by Crippen LogP contribution is -2.41. The monoisotopic (exact) mass is 495 g/mol. The highest BCUT2D eigenvalue weighted by Gasteiger charge is 2.45. The van der Waals surface area contributed by atoms with Gasteiger partial charge in [0.15, 0.2) is 5.78 Å². The molecule has 0 bridgehead atoms. The Morgan fingerprint density at radius 3 is 2.69 bits per heavy atom. The molecule has 2 aliphatic rings. The van der Waals surface area contributed by atoms with Crippen molar-refractivity contribution in [2.24, 2.45) is 16.3 Å².